The van der Waals surface area contributed by atoms with Gasteiger partial charge in [-0.05, 0) is 37.1 Å². The van der Waals surface area contributed by atoms with E-state index in [4.69, 9.17) is 15.2 Å². The largest absolute Gasteiger partial charge is 0.486 e. The lowest BCUT2D eigenvalue weighted by molar-refractivity contribution is -0.132. The van der Waals surface area contributed by atoms with Crippen LogP contribution < -0.4 is 15.2 Å². The van der Waals surface area contributed by atoms with Crippen molar-refractivity contribution in [2.24, 2.45) is 0 Å². The number of fused-ring (bicyclic) bond motifs is 1. The first-order valence-corrected chi connectivity index (χ1v) is 8.67. The van der Waals surface area contributed by atoms with Gasteiger partial charge in [0.25, 0.3) is 0 Å². The van der Waals surface area contributed by atoms with E-state index in [1.807, 2.05) is 60.4 Å². The van der Waals surface area contributed by atoms with E-state index < -0.39 is 0 Å². The van der Waals surface area contributed by atoms with Crippen LogP contribution in [0.5, 0.6) is 11.5 Å². The number of rotatable bonds is 6. The molecule has 1 aliphatic rings. The van der Waals surface area contributed by atoms with Crippen LogP contribution in [0.15, 0.2) is 48.5 Å². The van der Waals surface area contributed by atoms with Crippen LogP contribution in [0.25, 0.3) is 0 Å². The van der Waals surface area contributed by atoms with Gasteiger partial charge in [-0.2, -0.15) is 0 Å². The minimum Gasteiger partial charge on any atom is -0.486 e. The van der Waals surface area contributed by atoms with Crippen molar-refractivity contribution in [3.05, 3.63) is 54.1 Å². The van der Waals surface area contributed by atoms with E-state index in [1.54, 1.807) is 0 Å². The van der Waals surface area contributed by atoms with Crippen molar-refractivity contribution in [2.45, 2.75) is 25.9 Å². The van der Waals surface area contributed by atoms with Gasteiger partial charge in [-0.15, -0.1) is 12.4 Å². The fraction of sp³-hybridized carbons (Fsp3) is 0.350. The molecule has 1 heterocycles. The number of aryl methyl sites for hydroxylation is 1. The van der Waals surface area contributed by atoms with Gasteiger partial charge in [0, 0.05) is 18.7 Å². The predicted molar refractivity (Wildman–Crippen MR) is 105 cm³/mol. The molecule has 1 aliphatic heterocycles. The van der Waals surface area contributed by atoms with Crippen LogP contribution in [0.1, 0.15) is 18.9 Å². The van der Waals surface area contributed by atoms with Crippen molar-refractivity contribution in [3.63, 3.8) is 0 Å². The molecule has 1 atom stereocenters. The number of hydrogen-bond acceptors (Lipinski definition) is 4. The summed E-state index contributed by atoms with van der Waals surface area (Å²) in [6.07, 6.45) is 0.930. The summed E-state index contributed by atoms with van der Waals surface area (Å²) < 4.78 is 11.7. The number of likely N-dealkylation sites (N-methyl/N-ethyl adjacent to an activating group) is 1. The topological polar surface area (TPSA) is 64.8 Å². The number of carbonyl (C=O) groups is 1. The number of ether oxygens (including phenoxy) is 2. The van der Waals surface area contributed by atoms with Gasteiger partial charge in [0.2, 0.25) is 5.91 Å². The monoisotopic (exact) mass is 376 g/mol. The van der Waals surface area contributed by atoms with Gasteiger partial charge in [0.15, 0.2) is 17.6 Å². The molecule has 0 aromatic heterocycles. The van der Waals surface area contributed by atoms with Crippen LogP contribution in [0, 0.1) is 0 Å². The fourth-order valence-electron chi connectivity index (χ4n) is 2.97. The highest BCUT2D eigenvalue weighted by Crippen LogP contribution is 2.31. The molecule has 140 valence electrons. The molecule has 0 saturated carbocycles. The van der Waals surface area contributed by atoms with Gasteiger partial charge in [0.05, 0.1) is 6.54 Å². The molecule has 0 fully saturated rings. The molecule has 0 bridgehead atoms. The molecule has 0 saturated heterocycles. The number of carbonyl (C=O) groups excluding carboxylic acids is 1. The normalized spacial score (nSPS) is 15.0. The van der Waals surface area contributed by atoms with Crippen LogP contribution in [-0.2, 0) is 11.2 Å². The molecule has 6 heteroatoms. The zero-order valence-corrected chi connectivity index (χ0v) is 15.7. The summed E-state index contributed by atoms with van der Waals surface area (Å²) in [5.41, 5.74) is 7.70. The summed E-state index contributed by atoms with van der Waals surface area (Å²) in [6, 6.07) is 15.3. The van der Waals surface area contributed by atoms with Crippen LogP contribution in [0.4, 0.5) is 5.69 Å². The number of anilines is 1. The maximum atomic E-state index is 12.6. The van der Waals surface area contributed by atoms with Gasteiger partial charge in [-0.1, -0.05) is 30.3 Å². The summed E-state index contributed by atoms with van der Waals surface area (Å²) in [5.74, 6) is 1.60. The molecule has 1 unspecified atom stereocenters. The van der Waals surface area contributed by atoms with Crippen molar-refractivity contribution in [1.82, 2.24) is 4.90 Å². The lowest BCUT2D eigenvalue weighted by Crippen LogP contribution is -2.43. The Morgan fingerprint density at radius 2 is 1.85 bits per heavy atom. The predicted octanol–water partition coefficient (Wildman–Crippen LogP) is 3.31. The Bertz CT molecular complexity index is 739. The number of benzene rings is 2. The number of nitrogen functional groups attached to an aromatic ring is 1. The molecule has 5 nitrogen and oxygen atoms in total. The van der Waals surface area contributed by atoms with Gasteiger partial charge in [-0.3, -0.25) is 4.79 Å². The molecule has 0 spiro atoms. The first kappa shape index (κ1) is 19.9. The second kappa shape index (κ2) is 9.34. The number of halogens is 1. The average Bonchev–Trinajstić information content (AvgIpc) is 2.65. The molecule has 1 amide bonds. The maximum Gasteiger partial charge on any atom is 0.223 e. The third-order valence-electron chi connectivity index (χ3n) is 4.39. The van der Waals surface area contributed by atoms with Crippen molar-refractivity contribution in [2.75, 3.05) is 25.4 Å². The van der Waals surface area contributed by atoms with Crippen LogP contribution in [0.2, 0.25) is 0 Å². The Morgan fingerprint density at radius 1 is 1.15 bits per heavy atom. The minimum absolute atomic E-state index is 0. The van der Waals surface area contributed by atoms with Crippen molar-refractivity contribution < 1.29 is 14.3 Å². The summed E-state index contributed by atoms with van der Waals surface area (Å²) >= 11 is 0. The summed E-state index contributed by atoms with van der Waals surface area (Å²) in [4.78, 5) is 14.4. The second-order valence-electron chi connectivity index (χ2n) is 6.13. The quantitative estimate of drug-likeness (QED) is 0.785. The molecule has 2 N–H and O–H groups in total. The van der Waals surface area contributed by atoms with Crippen molar-refractivity contribution in [3.8, 4) is 11.5 Å². The molecule has 0 aliphatic carbocycles. The van der Waals surface area contributed by atoms with E-state index in [1.165, 1.54) is 0 Å². The number of nitrogens with two attached hydrogens (primary N) is 1. The van der Waals surface area contributed by atoms with Gasteiger partial charge < -0.3 is 20.1 Å². The van der Waals surface area contributed by atoms with Crippen molar-refractivity contribution >= 4 is 24.0 Å². The van der Waals surface area contributed by atoms with Crippen LogP contribution in [0.3, 0.4) is 0 Å². The number of amides is 1. The van der Waals surface area contributed by atoms with E-state index in [2.05, 4.69) is 0 Å². The van der Waals surface area contributed by atoms with Gasteiger partial charge >= 0.3 is 0 Å². The maximum absolute atomic E-state index is 12.6. The van der Waals surface area contributed by atoms with Crippen LogP contribution in [-0.4, -0.2) is 36.6 Å². The minimum atomic E-state index is -0.152. The summed E-state index contributed by atoms with van der Waals surface area (Å²) in [5, 5.41) is 0. The highest BCUT2D eigenvalue weighted by atomic mass is 35.5. The Kier molecular flexibility index (Phi) is 7.16. The lowest BCUT2D eigenvalue weighted by Gasteiger charge is -2.31. The van der Waals surface area contributed by atoms with Crippen LogP contribution >= 0.6 is 12.4 Å². The molecular weight excluding hydrogens is 352 g/mol. The van der Waals surface area contributed by atoms with E-state index in [-0.39, 0.29) is 24.4 Å². The molecule has 0 radical (unpaired) electrons. The Hall–Kier alpha value is -2.40. The summed E-state index contributed by atoms with van der Waals surface area (Å²) in [7, 11) is 0. The van der Waals surface area contributed by atoms with Gasteiger partial charge in [-0.25, -0.2) is 0 Å². The third kappa shape index (κ3) is 4.82. The SMILES string of the molecule is CCN(CC1COc2ccccc2O1)C(=O)CCc1ccccc1N.Cl. The second-order valence-corrected chi connectivity index (χ2v) is 6.13. The highest BCUT2D eigenvalue weighted by molar-refractivity contribution is 5.85. The first-order valence-electron chi connectivity index (χ1n) is 8.67. The number of nitrogens with zero attached hydrogens (tertiary/aromatic N) is 1. The highest BCUT2D eigenvalue weighted by Gasteiger charge is 2.24. The molecule has 26 heavy (non-hydrogen) atoms. The van der Waals surface area contributed by atoms with E-state index in [0.29, 0.717) is 32.5 Å². The third-order valence-corrected chi connectivity index (χ3v) is 4.39. The zero-order valence-electron chi connectivity index (χ0n) is 14.9. The lowest BCUT2D eigenvalue weighted by atomic mass is 10.1. The van der Waals surface area contributed by atoms with Gasteiger partial charge in [0.1, 0.15) is 6.61 Å². The van der Waals surface area contributed by atoms with E-state index >= 15 is 0 Å². The van der Waals surface area contributed by atoms with Crippen molar-refractivity contribution in [1.29, 1.82) is 0 Å². The van der Waals surface area contributed by atoms with E-state index in [9.17, 15) is 4.79 Å². The Morgan fingerprint density at radius 3 is 2.58 bits per heavy atom. The zero-order chi connectivity index (χ0) is 17.6. The average molecular weight is 377 g/mol. The molecule has 2 aromatic rings. The molecule has 3 rings (SSSR count). The molecular formula is C20H25ClN2O3. The number of hydrogen-bond donors (Lipinski definition) is 1. The first-order chi connectivity index (χ1) is 12.2. The summed E-state index contributed by atoms with van der Waals surface area (Å²) in [6.45, 7) is 3.59. The Balaban J connectivity index is 0.00000243. The fourth-order valence-corrected chi connectivity index (χ4v) is 2.97. The standard InChI is InChI=1S/C20H24N2O3.ClH/c1-2-22(20(23)12-11-15-7-3-4-8-17(15)21)13-16-14-24-18-9-5-6-10-19(18)25-16;/h3-10,16H,2,11-14,21H2,1H3;1H. The Labute approximate surface area is 160 Å². The molecule has 2 aromatic carbocycles. The number of para-hydroxylation sites is 3. The smallest absolute Gasteiger partial charge is 0.223 e. The van der Waals surface area contributed by atoms with E-state index in [0.717, 1.165) is 22.7 Å².